The van der Waals surface area contributed by atoms with Crippen LogP contribution in [0.25, 0.3) is 0 Å². The van der Waals surface area contributed by atoms with Crippen molar-refractivity contribution in [3.05, 3.63) is 18.5 Å². The van der Waals surface area contributed by atoms with Gasteiger partial charge in [0.05, 0.1) is 6.10 Å². The van der Waals surface area contributed by atoms with Gasteiger partial charge in [-0.3, -0.25) is 15.0 Å². The molecule has 2 atom stereocenters. The molecular weight excluding hydrogens is 280 g/mol. The molecule has 2 N–H and O–H groups in total. The van der Waals surface area contributed by atoms with Gasteiger partial charge in [0.1, 0.15) is 0 Å². The smallest absolute Gasteiger partial charge is 0.229 e. The second-order valence-electron chi connectivity index (χ2n) is 6.29. The highest BCUT2D eigenvalue weighted by Crippen LogP contribution is 2.27. The summed E-state index contributed by atoms with van der Waals surface area (Å²) in [6.45, 7) is 1.77. The average molecular weight is 304 g/mol. The van der Waals surface area contributed by atoms with E-state index in [1.807, 2.05) is 0 Å². The summed E-state index contributed by atoms with van der Waals surface area (Å²) in [5.74, 6) is 0.397. The van der Waals surface area contributed by atoms with E-state index >= 15 is 0 Å². The van der Waals surface area contributed by atoms with E-state index in [2.05, 4.69) is 20.2 Å². The molecule has 6 nitrogen and oxygen atoms in total. The Labute approximate surface area is 131 Å². The molecule has 1 amide bonds. The number of anilines is 1. The molecule has 1 saturated carbocycles. The number of aliphatic hydroxyl groups excluding tert-OH is 1. The Kier molecular flexibility index (Phi) is 5.00. The Bertz CT molecular complexity index is 488. The predicted molar refractivity (Wildman–Crippen MR) is 83.2 cm³/mol. The van der Waals surface area contributed by atoms with Crippen LogP contribution in [0.1, 0.15) is 38.5 Å². The topological polar surface area (TPSA) is 78.4 Å². The minimum Gasteiger partial charge on any atom is -0.391 e. The number of nitrogens with one attached hydrogen (secondary N) is 1. The summed E-state index contributed by atoms with van der Waals surface area (Å²) in [4.78, 5) is 22.7. The SMILES string of the molecule is O=C(Nc1ncccn1)C1CCN([C@H]2CCCC[C@@H]2O)CC1. The molecule has 3 rings (SSSR count). The molecule has 6 heteroatoms. The van der Waals surface area contributed by atoms with Crippen molar-refractivity contribution in [2.45, 2.75) is 50.7 Å². The molecule has 1 aromatic heterocycles. The van der Waals surface area contributed by atoms with Crippen LogP contribution in [-0.4, -0.2) is 51.1 Å². The zero-order valence-electron chi connectivity index (χ0n) is 12.8. The van der Waals surface area contributed by atoms with Gasteiger partial charge in [0, 0.05) is 24.4 Å². The molecule has 0 radical (unpaired) electrons. The van der Waals surface area contributed by atoms with Gasteiger partial charge in [-0.1, -0.05) is 12.8 Å². The highest BCUT2D eigenvalue weighted by atomic mass is 16.3. The Morgan fingerprint density at radius 3 is 2.50 bits per heavy atom. The van der Waals surface area contributed by atoms with Crippen LogP contribution >= 0.6 is 0 Å². The number of aliphatic hydroxyl groups is 1. The molecule has 2 heterocycles. The number of rotatable bonds is 3. The lowest BCUT2D eigenvalue weighted by molar-refractivity contribution is -0.121. The number of piperidine rings is 1. The van der Waals surface area contributed by atoms with Gasteiger partial charge in [0.15, 0.2) is 0 Å². The van der Waals surface area contributed by atoms with Crippen molar-refractivity contribution in [1.29, 1.82) is 0 Å². The number of carbonyl (C=O) groups is 1. The number of carbonyl (C=O) groups excluding carboxylic acids is 1. The summed E-state index contributed by atoms with van der Waals surface area (Å²) in [6.07, 6.45) is 9.04. The molecule has 2 aliphatic rings. The maximum Gasteiger partial charge on any atom is 0.229 e. The van der Waals surface area contributed by atoms with Crippen molar-refractivity contribution >= 4 is 11.9 Å². The average Bonchev–Trinajstić information content (AvgIpc) is 2.56. The van der Waals surface area contributed by atoms with E-state index in [0.717, 1.165) is 45.2 Å². The van der Waals surface area contributed by atoms with E-state index in [-0.39, 0.29) is 24.0 Å². The van der Waals surface area contributed by atoms with Crippen LogP contribution in [0.3, 0.4) is 0 Å². The van der Waals surface area contributed by atoms with Gasteiger partial charge in [-0.05, 0) is 44.8 Å². The molecule has 0 spiro atoms. The predicted octanol–water partition coefficient (Wildman–Crippen LogP) is 1.43. The largest absolute Gasteiger partial charge is 0.391 e. The Balaban J connectivity index is 1.50. The lowest BCUT2D eigenvalue weighted by Gasteiger charge is -2.41. The van der Waals surface area contributed by atoms with E-state index in [1.165, 1.54) is 6.42 Å². The molecule has 2 fully saturated rings. The molecule has 0 unspecified atom stereocenters. The van der Waals surface area contributed by atoms with Crippen LogP contribution in [0.4, 0.5) is 5.95 Å². The third-order valence-electron chi connectivity index (χ3n) is 4.86. The first-order chi connectivity index (χ1) is 10.7. The zero-order valence-corrected chi connectivity index (χ0v) is 12.8. The summed E-state index contributed by atoms with van der Waals surface area (Å²) in [6, 6.07) is 2.01. The third kappa shape index (κ3) is 3.62. The molecular formula is C16H24N4O2. The summed E-state index contributed by atoms with van der Waals surface area (Å²) < 4.78 is 0. The van der Waals surface area contributed by atoms with Gasteiger partial charge in [0.2, 0.25) is 11.9 Å². The number of likely N-dealkylation sites (tertiary alicyclic amines) is 1. The van der Waals surface area contributed by atoms with Crippen molar-refractivity contribution in [1.82, 2.24) is 14.9 Å². The molecule has 120 valence electrons. The van der Waals surface area contributed by atoms with Gasteiger partial charge in [-0.25, -0.2) is 9.97 Å². The highest BCUT2D eigenvalue weighted by molar-refractivity contribution is 5.90. The molecule has 0 aromatic carbocycles. The molecule has 1 saturated heterocycles. The minimum atomic E-state index is -0.197. The lowest BCUT2D eigenvalue weighted by Crippen LogP contribution is -2.49. The van der Waals surface area contributed by atoms with Gasteiger partial charge in [0.25, 0.3) is 0 Å². The van der Waals surface area contributed by atoms with Crippen molar-refractivity contribution in [3.8, 4) is 0 Å². The minimum absolute atomic E-state index is 0.00930. The number of hydrogen-bond donors (Lipinski definition) is 2. The molecule has 1 aromatic rings. The summed E-state index contributed by atoms with van der Waals surface area (Å²) >= 11 is 0. The van der Waals surface area contributed by atoms with Crippen molar-refractivity contribution in [2.75, 3.05) is 18.4 Å². The van der Waals surface area contributed by atoms with Gasteiger partial charge >= 0.3 is 0 Å². The summed E-state index contributed by atoms with van der Waals surface area (Å²) in [7, 11) is 0. The van der Waals surface area contributed by atoms with Crippen LogP contribution in [-0.2, 0) is 4.79 Å². The number of hydrogen-bond acceptors (Lipinski definition) is 5. The third-order valence-corrected chi connectivity index (χ3v) is 4.86. The Morgan fingerprint density at radius 1 is 1.14 bits per heavy atom. The first-order valence-electron chi connectivity index (χ1n) is 8.24. The van der Waals surface area contributed by atoms with Crippen molar-refractivity contribution in [3.63, 3.8) is 0 Å². The van der Waals surface area contributed by atoms with E-state index in [0.29, 0.717) is 5.95 Å². The van der Waals surface area contributed by atoms with Crippen LogP contribution in [0.5, 0.6) is 0 Å². The van der Waals surface area contributed by atoms with Gasteiger partial charge < -0.3 is 5.11 Å². The maximum atomic E-state index is 12.3. The molecule has 22 heavy (non-hydrogen) atoms. The Hall–Kier alpha value is -1.53. The fourth-order valence-corrected chi connectivity index (χ4v) is 3.59. The van der Waals surface area contributed by atoms with Gasteiger partial charge in [-0.2, -0.15) is 0 Å². The second-order valence-corrected chi connectivity index (χ2v) is 6.29. The van der Waals surface area contributed by atoms with E-state index < -0.39 is 0 Å². The molecule has 1 aliphatic heterocycles. The lowest BCUT2D eigenvalue weighted by atomic mass is 9.88. The van der Waals surface area contributed by atoms with Crippen LogP contribution in [0, 0.1) is 5.92 Å². The van der Waals surface area contributed by atoms with Crippen LogP contribution < -0.4 is 5.32 Å². The standard InChI is InChI=1S/C16H24N4O2/c21-14-5-2-1-4-13(14)20-10-6-12(7-11-20)15(22)19-16-17-8-3-9-18-16/h3,8-9,12-14,21H,1-2,4-7,10-11H2,(H,17,18,19,22)/t13-,14-/m0/s1. The summed E-state index contributed by atoms with van der Waals surface area (Å²) in [5, 5.41) is 12.9. The highest BCUT2D eigenvalue weighted by Gasteiger charge is 2.33. The molecule has 1 aliphatic carbocycles. The van der Waals surface area contributed by atoms with E-state index in [9.17, 15) is 9.90 Å². The number of aromatic nitrogens is 2. The van der Waals surface area contributed by atoms with Crippen LogP contribution in [0.15, 0.2) is 18.5 Å². The first-order valence-corrected chi connectivity index (χ1v) is 8.24. The number of amides is 1. The normalized spacial score (nSPS) is 27.5. The van der Waals surface area contributed by atoms with Crippen molar-refractivity contribution < 1.29 is 9.90 Å². The summed E-state index contributed by atoms with van der Waals surface area (Å²) in [5.41, 5.74) is 0. The number of nitrogens with zero attached hydrogens (tertiary/aromatic N) is 3. The van der Waals surface area contributed by atoms with E-state index in [4.69, 9.17) is 0 Å². The fraction of sp³-hybridized carbons (Fsp3) is 0.688. The van der Waals surface area contributed by atoms with Crippen molar-refractivity contribution in [2.24, 2.45) is 5.92 Å². The Morgan fingerprint density at radius 2 is 1.82 bits per heavy atom. The monoisotopic (exact) mass is 304 g/mol. The van der Waals surface area contributed by atoms with E-state index in [1.54, 1.807) is 18.5 Å². The second kappa shape index (κ2) is 7.15. The molecule has 0 bridgehead atoms. The first kappa shape index (κ1) is 15.4. The fourth-order valence-electron chi connectivity index (χ4n) is 3.59. The maximum absolute atomic E-state index is 12.3. The van der Waals surface area contributed by atoms with Crippen LogP contribution in [0.2, 0.25) is 0 Å². The zero-order chi connectivity index (χ0) is 15.4. The quantitative estimate of drug-likeness (QED) is 0.883. The van der Waals surface area contributed by atoms with Gasteiger partial charge in [-0.15, -0.1) is 0 Å².